The van der Waals surface area contributed by atoms with Gasteiger partial charge in [-0.05, 0) is 37.8 Å². The Hall–Kier alpha value is -0.540. The molecule has 0 spiro atoms. The van der Waals surface area contributed by atoms with Crippen molar-refractivity contribution in [2.24, 2.45) is 5.92 Å². The van der Waals surface area contributed by atoms with Crippen LogP contribution in [0.15, 0.2) is 12.1 Å². The smallest absolute Gasteiger partial charge is 0.261 e. The first kappa shape index (κ1) is 12.9. The van der Waals surface area contributed by atoms with Gasteiger partial charge in [0.05, 0.1) is 9.21 Å². The van der Waals surface area contributed by atoms with Gasteiger partial charge in [0.2, 0.25) is 0 Å². The molecule has 1 fully saturated rings. The molecule has 1 amide bonds. The SMILES string of the molecule is C[C@H](NC(=O)c1ccc(Cl)s1)C1CCCCC1. The minimum atomic E-state index is 0.0139. The van der Waals surface area contributed by atoms with Crippen molar-refractivity contribution in [1.82, 2.24) is 5.32 Å². The lowest BCUT2D eigenvalue weighted by Gasteiger charge is -2.28. The summed E-state index contributed by atoms with van der Waals surface area (Å²) in [6.45, 7) is 2.11. The molecule has 17 heavy (non-hydrogen) atoms. The molecule has 1 aliphatic carbocycles. The molecule has 4 heteroatoms. The molecule has 2 nitrogen and oxygen atoms in total. The quantitative estimate of drug-likeness (QED) is 0.881. The van der Waals surface area contributed by atoms with Crippen molar-refractivity contribution >= 4 is 28.8 Å². The second kappa shape index (κ2) is 5.87. The van der Waals surface area contributed by atoms with Crippen LogP contribution < -0.4 is 5.32 Å². The molecule has 0 bridgehead atoms. The highest BCUT2D eigenvalue weighted by molar-refractivity contribution is 7.17. The summed E-state index contributed by atoms with van der Waals surface area (Å²) >= 11 is 7.17. The van der Waals surface area contributed by atoms with Gasteiger partial charge in [-0.3, -0.25) is 4.79 Å². The second-order valence-corrected chi connectivity index (χ2v) is 6.48. The molecule has 2 rings (SSSR count). The molecule has 0 radical (unpaired) electrons. The van der Waals surface area contributed by atoms with Crippen LogP contribution in [0.4, 0.5) is 0 Å². The monoisotopic (exact) mass is 271 g/mol. The fourth-order valence-corrected chi connectivity index (χ4v) is 3.41. The molecule has 0 aliphatic heterocycles. The Morgan fingerprint density at radius 2 is 2.12 bits per heavy atom. The number of hydrogen-bond donors (Lipinski definition) is 1. The third-order valence-corrected chi connectivity index (χ3v) is 4.74. The van der Waals surface area contributed by atoms with Crippen molar-refractivity contribution in [2.75, 3.05) is 0 Å². The first-order valence-corrected chi connectivity index (χ1v) is 7.42. The summed E-state index contributed by atoms with van der Waals surface area (Å²) in [5.41, 5.74) is 0. The van der Waals surface area contributed by atoms with Gasteiger partial charge in [-0.25, -0.2) is 0 Å². The van der Waals surface area contributed by atoms with Gasteiger partial charge in [-0.1, -0.05) is 30.9 Å². The van der Waals surface area contributed by atoms with E-state index in [9.17, 15) is 4.79 Å². The van der Waals surface area contributed by atoms with Gasteiger partial charge in [-0.15, -0.1) is 11.3 Å². The van der Waals surface area contributed by atoms with Crippen LogP contribution in [0.2, 0.25) is 4.34 Å². The predicted octanol–water partition coefficient (Wildman–Crippen LogP) is 4.10. The summed E-state index contributed by atoms with van der Waals surface area (Å²) in [5, 5.41) is 3.09. The first-order chi connectivity index (χ1) is 8.16. The highest BCUT2D eigenvalue weighted by atomic mass is 35.5. The van der Waals surface area contributed by atoms with Crippen LogP contribution in [-0.4, -0.2) is 11.9 Å². The summed E-state index contributed by atoms with van der Waals surface area (Å²) in [5.74, 6) is 0.656. The van der Waals surface area contributed by atoms with Crippen LogP contribution >= 0.6 is 22.9 Å². The van der Waals surface area contributed by atoms with E-state index in [1.54, 1.807) is 12.1 Å². The van der Waals surface area contributed by atoms with Crippen LogP contribution in [0.25, 0.3) is 0 Å². The van der Waals surface area contributed by atoms with Crippen molar-refractivity contribution in [1.29, 1.82) is 0 Å². The van der Waals surface area contributed by atoms with E-state index in [0.29, 0.717) is 15.1 Å². The second-order valence-electron chi connectivity index (χ2n) is 4.76. The summed E-state index contributed by atoms with van der Waals surface area (Å²) in [7, 11) is 0. The number of hydrogen-bond acceptors (Lipinski definition) is 2. The zero-order valence-electron chi connectivity index (χ0n) is 10.0. The normalized spacial score (nSPS) is 18.9. The summed E-state index contributed by atoms with van der Waals surface area (Å²) in [6, 6.07) is 3.83. The Bertz CT molecular complexity index is 385. The fraction of sp³-hybridized carbons (Fsp3) is 0.615. The van der Waals surface area contributed by atoms with E-state index in [1.165, 1.54) is 43.4 Å². The topological polar surface area (TPSA) is 29.1 Å². The minimum absolute atomic E-state index is 0.0139. The van der Waals surface area contributed by atoms with Gasteiger partial charge < -0.3 is 5.32 Å². The van der Waals surface area contributed by atoms with Crippen LogP contribution in [0.3, 0.4) is 0 Å². The summed E-state index contributed by atoms with van der Waals surface area (Å²) in [4.78, 5) is 12.7. The lowest BCUT2D eigenvalue weighted by atomic mass is 9.84. The largest absolute Gasteiger partial charge is 0.349 e. The maximum Gasteiger partial charge on any atom is 0.261 e. The fourth-order valence-electron chi connectivity index (χ4n) is 2.47. The van der Waals surface area contributed by atoms with Crippen molar-refractivity contribution in [3.63, 3.8) is 0 Å². The van der Waals surface area contributed by atoms with E-state index in [2.05, 4.69) is 12.2 Å². The molecule has 1 atom stereocenters. The molecule has 1 aromatic rings. The molecule has 1 aliphatic rings. The highest BCUT2D eigenvalue weighted by Gasteiger charge is 2.22. The molecule has 94 valence electrons. The van der Waals surface area contributed by atoms with Gasteiger partial charge in [-0.2, -0.15) is 0 Å². The molecule has 1 saturated carbocycles. The maximum atomic E-state index is 12.0. The number of carbonyl (C=O) groups excluding carboxylic acids is 1. The molecule has 1 N–H and O–H groups in total. The zero-order chi connectivity index (χ0) is 12.3. The summed E-state index contributed by atoms with van der Waals surface area (Å²) in [6.07, 6.45) is 6.43. The Morgan fingerprint density at radius 3 is 2.71 bits per heavy atom. The van der Waals surface area contributed by atoms with E-state index in [4.69, 9.17) is 11.6 Å². The van der Waals surface area contributed by atoms with E-state index in [-0.39, 0.29) is 11.9 Å². The van der Waals surface area contributed by atoms with Crippen LogP contribution in [-0.2, 0) is 0 Å². The van der Waals surface area contributed by atoms with Gasteiger partial charge >= 0.3 is 0 Å². The van der Waals surface area contributed by atoms with Crippen molar-refractivity contribution in [3.8, 4) is 0 Å². The van der Waals surface area contributed by atoms with Crippen LogP contribution in [0.1, 0.15) is 48.7 Å². The molecule has 1 heterocycles. The van der Waals surface area contributed by atoms with Gasteiger partial charge in [0.1, 0.15) is 0 Å². The standard InChI is InChI=1S/C13H18ClNOS/c1-9(10-5-3-2-4-6-10)15-13(16)11-7-8-12(14)17-11/h7-10H,2-6H2,1H3,(H,15,16)/t9-/m0/s1. The third kappa shape index (κ3) is 3.46. The van der Waals surface area contributed by atoms with E-state index in [0.717, 1.165) is 0 Å². The number of rotatable bonds is 3. The number of thiophene rings is 1. The Kier molecular flexibility index (Phi) is 4.46. The average Bonchev–Trinajstić information content (AvgIpc) is 2.77. The Labute approximate surface area is 111 Å². The van der Waals surface area contributed by atoms with Crippen LogP contribution in [0.5, 0.6) is 0 Å². The summed E-state index contributed by atoms with van der Waals surface area (Å²) < 4.78 is 0.667. The molecule has 0 saturated heterocycles. The van der Waals surface area contributed by atoms with E-state index >= 15 is 0 Å². The Morgan fingerprint density at radius 1 is 1.41 bits per heavy atom. The van der Waals surface area contributed by atoms with Crippen LogP contribution in [0, 0.1) is 5.92 Å². The lowest BCUT2D eigenvalue weighted by molar-refractivity contribution is 0.0923. The van der Waals surface area contributed by atoms with Crippen molar-refractivity contribution in [2.45, 2.75) is 45.1 Å². The molecule has 0 unspecified atom stereocenters. The van der Waals surface area contributed by atoms with E-state index < -0.39 is 0 Å². The number of halogens is 1. The average molecular weight is 272 g/mol. The zero-order valence-corrected chi connectivity index (χ0v) is 11.6. The van der Waals surface area contributed by atoms with E-state index in [1.807, 2.05) is 0 Å². The lowest BCUT2D eigenvalue weighted by Crippen LogP contribution is -2.38. The third-order valence-electron chi connectivity index (χ3n) is 3.51. The Balaban J connectivity index is 1.89. The molecular weight excluding hydrogens is 254 g/mol. The molecule has 0 aromatic carbocycles. The maximum absolute atomic E-state index is 12.0. The molecular formula is C13H18ClNOS. The number of amides is 1. The molecule has 1 aromatic heterocycles. The van der Waals surface area contributed by atoms with Crippen molar-refractivity contribution < 1.29 is 4.79 Å². The van der Waals surface area contributed by atoms with Crippen molar-refractivity contribution in [3.05, 3.63) is 21.3 Å². The minimum Gasteiger partial charge on any atom is -0.349 e. The van der Waals surface area contributed by atoms with Gasteiger partial charge in [0.25, 0.3) is 5.91 Å². The first-order valence-electron chi connectivity index (χ1n) is 6.23. The highest BCUT2D eigenvalue weighted by Crippen LogP contribution is 2.27. The predicted molar refractivity (Wildman–Crippen MR) is 72.8 cm³/mol. The number of carbonyl (C=O) groups is 1. The van der Waals surface area contributed by atoms with Gasteiger partial charge in [0.15, 0.2) is 0 Å². The number of nitrogens with one attached hydrogen (secondary N) is 1. The van der Waals surface area contributed by atoms with Gasteiger partial charge in [0, 0.05) is 6.04 Å².